The van der Waals surface area contributed by atoms with Crippen LogP contribution in [0.15, 0.2) is 24.3 Å². The third kappa shape index (κ3) is 2.67. The molecule has 0 aliphatic carbocycles. The molecule has 0 heterocycles. The van der Waals surface area contributed by atoms with Gasteiger partial charge in [-0.3, -0.25) is 10.1 Å². The second-order valence-corrected chi connectivity index (χ2v) is 2.09. The number of nitrogens with zero attached hydrogens (tertiary/aromatic N) is 1. The molecule has 0 atom stereocenters. The summed E-state index contributed by atoms with van der Waals surface area (Å²) in [7, 11) is 0. The van der Waals surface area contributed by atoms with Crippen LogP contribution in [-0.2, 0) is 0 Å². The average molecular weight is 218 g/mol. The molecule has 1 rings (SSSR count). The van der Waals surface area contributed by atoms with Crippen molar-refractivity contribution < 1.29 is 4.92 Å². The largest absolute Gasteiger partial charge is 0.269 e. The predicted molar refractivity (Wildman–Crippen MR) is 48.2 cm³/mol. The molecular weight excluding hydrogens is 210 g/mol. The summed E-state index contributed by atoms with van der Waals surface area (Å²) in [6.07, 6.45) is 0. The highest BCUT2D eigenvalue weighted by molar-refractivity contribution is 8.93. The zero-order valence-corrected chi connectivity index (χ0v) is 7.69. The standard InChI is InChI=1S/C7H7NO2.BrH/c1-6-2-4-7(5-3-6)8(9)10;/h2-5H,1H3;1H. The van der Waals surface area contributed by atoms with Gasteiger partial charge in [0.05, 0.1) is 4.92 Å². The number of nitro benzene ring substituents is 1. The van der Waals surface area contributed by atoms with Crippen molar-refractivity contribution in [3.05, 3.63) is 39.9 Å². The number of nitro groups is 1. The first-order valence-corrected chi connectivity index (χ1v) is 2.91. The van der Waals surface area contributed by atoms with Crippen molar-refractivity contribution in [1.29, 1.82) is 0 Å². The summed E-state index contributed by atoms with van der Waals surface area (Å²) in [5.74, 6) is 0. The molecule has 1 aromatic rings. The molecule has 0 aliphatic heterocycles. The number of non-ortho nitro benzene ring substituents is 1. The maximum atomic E-state index is 10.1. The van der Waals surface area contributed by atoms with Gasteiger partial charge in [-0.2, -0.15) is 0 Å². The van der Waals surface area contributed by atoms with E-state index in [1.807, 2.05) is 6.92 Å². The van der Waals surface area contributed by atoms with Crippen LogP contribution in [0.3, 0.4) is 0 Å². The molecule has 4 heteroatoms. The van der Waals surface area contributed by atoms with E-state index >= 15 is 0 Å². The lowest BCUT2D eigenvalue weighted by Crippen LogP contribution is -1.86. The van der Waals surface area contributed by atoms with Crippen molar-refractivity contribution in [2.45, 2.75) is 6.92 Å². The Balaban J connectivity index is 0.000001000. The van der Waals surface area contributed by atoms with Gasteiger partial charge in [0, 0.05) is 12.1 Å². The predicted octanol–water partition coefficient (Wildman–Crippen LogP) is 2.48. The van der Waals surface area contributed by atoms with E-state index in [1.165, 1.54) is 12.1 Å². The maximum absolute atomic E-state index is 10.1. The van der Waals surface area contributed by atoms with Gasteiger partial charge in [-0.1, -0.05) is 17.7 Å². The Morgan fingerprint density at radius 2 is 1.73 bits per heavy atom. The van der Waals surface area contributed by atoms with Crippen molar-refractivity contribution in [1.82, 2.24) is 0 Å². The first kappa shape index (κ1) is 10.1. The number of hydrogen-bond acceptors (Lipinski definition) is 2. The van der Waals surface area contributed by atoms with E-state index in [0.717, 1.165) is 5.56 Å². The van der Waals surface area contributed by atoms with Crippen LogP contribution in [0.2, 0.25) is 0 Å². The Bertz CT molecular complexity index is 245. The molecule has 0 radical (unpaired) electrons. The molecule has 0 fully saturated rings. The van der Waals surface area contributed by atoms with Crippen LogP contribution in [0, 0.1) is 17.0 Å². The van der Waals surface area contributed by atoms with Crippen molar-refractivity contribution >= 4 is 22.7 Å². The van der Waals surface area contributed by atoms with Crippen LogP contribution in [0.1, 0.15) is 5.56 Å². The molecular formula is C7H8BrNO2. The van der Waals surface area contributed by atoms with E-state index in [1.54, 1.807) is 12.1 Å². The average Bonchev–Trinajstić information content (AvgIpc) is 1.88. The lowest BCUT2D eigenvalue weighted by Gasteiger charge is -1.90. The van der Waals surface area contributed by atoms with Crippen LogP contribution < -0.4 is 0 Å². The molecule has 11 heavy (non-hydrogen) atoms. The molecule has 0 N–H and O–H groups in total. The summed E-state index contributed by atoms with van der Waals surface area (Å²) >= 11 is 0. The van der Waals surface area contributed by atoms with Gasteiger partial charge < -0.3 is 0 Å². The number of benzene rings is 1. The van der Waals surface area contributed by atoms with Gasteiger partial charge in [-0.25, -0.2) is 0 Å². The summed E-state index contributed by atoms with van der Waals surface area (Å²) in [4.78, 5) is 9.71. The molecule has 0 saturated heterocycles. The zero-order chi connectivity index (χ0) is 7.56. The Hall–Kier alpha value is -0.900. The Morgan fingerprint density at radius 1 is 1.27 bits per heavy atom. The van der Waals surface area contributed by atoms with Crippen LogP contribution in [-0.4, -0.2) is 4.92 Å². The summed E-state index contributed by atoms with van der Waals surface area (Å²) in [6.45, 7) is 1.89. The smallest absolute Gasteiger partial charge is 0.258 e. The highest BCUT2D eigenvalue weighted by atomic mass is 79.9. The van der Waals surface area contributed by atoms with Crippen molar-refractivity contribution in [2.75, 3.05) is 0 Å². The Kier molecular flexibility index (Phi) is 3.74. The molecule has 0 unspecified atom stereocenters. The number of rotatable bonds is 1. The monoisotopic (exact) mass is 217 g/mol. The van der Waals surface area contributed by atoms with Gasteiger partial charge in [-0.15, -0.1) is 17.0 Å². The van der Waals surface area contributed by atoms with Crippen LogP contribution >= 0.6 is 17.0 Å². The fraction of sp³-hybridized carbons (Fsp3) is 0.143. The van der Waals surface area contributed by atoms with Crippen molar-refractivity contribution in [3.8, 4) is 0 Å². The molecule has 0 bridgehead atoms. The van der Waals surface area contributed by atoms with Crippen molar-refractivity contribution in [2.24, 2.45) is 0 Å². The highest BCUT2D eigenvalue weighted by Crippen LogP contribution is 2.10. The molecule has 1 aromatic carbocycles. The van der Waals surface area contributed by atoms with Gasteiger partial charge in [0.15, 0.2) is 0 Å². The normalized spacial score (nSPS) is 8.45. The highest BCUT2D eigenvalue weighted by Gasteiger charge is 2.00. The second-order valence-electron chi connectivity index (χ2n) is 2.09. The van der Waals surface area contributed by atoms with E-state index in [2.05, 4.69) is 0 Å². The van der Waals surface area contributed by atoms with Crippen LogP contribution in [0.5, 0.6) is 0 Å². The maximum Gasteiger partial charge on any atom is 0.269 e. The molecule has 3 nitrogen and oxygen atoms in total. The Morgan fingerprint density at radius 3 is 2.09 bits per heavy atom. The summed E-state index contributed by atoms with van der Waals surface area (Å²) in [5, 5.41) is 10.1. The quantitative estimate of drug-likeness (QED) is 0.536. The topological polar surface area (TPSA) is 43.1 Å². The van der Waals surface area contributed by atoms with E-state index in [9.17, 15) is 10.1 Å². The fourth-order valence-electron chi connectivity index (χ4n) is 0.666. The SMILES string of the molecule is Br.Cc1ccc([N+](=O)[O-])cc1. The minimum atomic E-state index is -0.403. The molecule has 0 aromatic heterocycles. The summed E-state index contributed by atoms with van der Waals surface area (Å²) in [5.41, 5.74) is 1.18. The minimum Gasteiger partial charge on any atom is -0.258 e. The zero-order valence-electron chi connectivity index (χ0n) is 5.98. The number of hydrogen-bond donors (Lipinski definition) is 0. The van der Waals surface area contributed by atoms with Crippen LogP contribution in [0.4, 0.5) is 5.69 Å². The van der Waals surface area contributed by atoms with E-state index < -0.39 is 4.92 Å². The molecule has 0 saturated carbocycles. The molecule has 0 amide bonds. The van der Waals surface area contributed by atoms with E-state index in [4.69, 9.17) is 0 Å². The first-order chi connectivity index (χ1) is 4.70. The molecule has 0 spiro atoms. The van der Waals surface area contributed by atoms with Gasteiger partial charge in [0.2, 0.25) is 0 Å². The van der Waals surface area contributed by atoms with E-state index in [-0.39, 0.29) is 22.7 Å². The fourth-order valence-corrected chi connectivity index (χ4v) is 0.666. The number of aryl methyl sites for hydroxylation is 1. The lowest BCUT2D eigenvalue weighted by atomic mass is 10.2. The van der Waals surface area contributed by atoms with Gasteiger partial charge in [-0.05, 0) is 6.92 Å². The minimum absolute atomic E-state index is 0. The van der Waals surface area contributed by atoms with E-state index in [0.29, 0.717) is 0 Å². The molecule has 60 valence electrons. The van der Waals surface area contributed by atoms with Crippen LogP contribution in [0.25, 0.3) is 0 Å². The van der Waals surface area contributed by atoms with Crippen molar-refractivity contribution in [3.63, 3.8) is 0 Å². The van der Waals surface area contributed by atoms with Gasteiger partial charge in [0.1, 0.15) is 0 Å². The lowest BCUT2D eigenvalue weighted by molar-refractivity contribution is -0.384. The third-order valence-corrected chi connectivity index (χ3v) is 1.24. The van der Waals surface area contributed by atoms with Gasteiger partial charge >= 0.3 is 0 Å². The third-order valence-electron chi connectivity index (χ3n) is 1.24. The summed E-state index contributed by atoms with van der Waals surface area (Å²) in [6, 6.07) is 6.43. The second kappa shape index (κ2) is 4.08. The first-order valence-electron chi connectivity index (χ1n) is 2.91. The Labute approximate surface area is 75.0 Å². The molecule has 0 aliphatic rings. The summed E-state index contributed by atoms with van der Waals surface area (Å²) < 4.78 is 0. The number of halogens is 1. The van der Waals surface area contributed by atoms with Gasteiger partial charge in [0.25, 0.3) is 5.69 Å².